The van der Waals surface area contributed by atoms with E-state index in [2.05, 4.69) is 10.4 Å². The lowest BCUT2D eigenvalue weighted by Crippen LogP contribution is -2.31. The highest BCUT2D eigenvalue weighted by atomic mass is 16.2. The zero-order chi connectivity index (χ0) is 11.4. The number of hydrogen-bond donors (Lipinski definition) is 1. The van der Waals surface area contributed by atoms with E-state index in [9.17, 15) is 4.79 Å². The summed E-state index contributed by atoms with van der Waals surface area (Å²) < 4.78 is 1.33. The Balaban J connectivity index is 2.04. The first-order chi connectivity index (χ1) is 7.77. The van der Waals surface area contributed by atoms with E-state index in [0.29, 0.717) is 0 Å². The number of aromatic nitrogens is 2. The summed E-state index contributed by atoms with van der Waals surface area (Å²) in [6, 6.07) is 11.1. The van der Waals surface area contributed by atoms with E-state index < -0.39 is 0 Å². The quantitative estimate of drug-likeness (QED) is 0.852. The van der Waals surface area contributed by atoms with Gasteiger partial charge in [0.2, 0.25) is 0 Å². The molecule has 0 bridgehead atoms. The molecule has 1 unspecified atom stereocenters. The van der Waals surface area contributed by atoms with Crippen LogP contribution in [-0.2, 0) is 0 Å². The number of rotatable bonds is 3. The minimum atomic E-state index is -0.303. The topological polar surface area (TPSA) is 46.9 Å². The van der Waals surface area contributed by atoms with Gasteiger partial charge in [-0.25, -0.2) is 4.68 Å². The van der Waals surface area contributed by atoms with Crippen molar-refractivity contribution in [2.24, 2.45) is 0 Å². The Morgan fingerprint density at radius 2 is 2.06 bits per heavy atom. The van der Waals surface area contributed by atoms with Gasteiger partial charge in [-0.05, 0) is 25.1 Å². The van der Waals surface area contributed by atoms with Gasteiger partial charge in [0.25, 0.3) is 5.91 Å². The summed E-state index contributed by atoms with van der Waals surface area (Å²) in [6.45, 7) is 1.82. The smallest absolute Gasteiger partial charge is 0.268 e. The van der Waals surface area contributed by atoms with Crippen molar-refractivity contribution in [1.29, 1.82) is 0 Å². The molecule has 4 heteroatoms. The molecule has 0 saturated heterocycles. The van der Waals surface area contributed by atoms with E-state index in [-0.39, 0.29) is 11.9 Å². The second kappa shape index (κ2) is 4.61. The lowest BCUT2D eigenvalue weighted by Gasteiger charge is -2.13. The van der Waals surface area contributed by atoms with Crippen LogP contribution in [0.5, 0.6) is 0 Å². The van der Waals surface area contributed by atoms with Crippen LogP contribution >= 0.6 is 0 Å². The van der Waals surface area contributed by atoms with Crippen LogP contribution in [0.4, 0.5) is 5.69 Å². The SMILES string of the molecule is CC(Nc1ccccc1)C(=O)n1cccn1. The van der Waals surface area contributed by atoms with E-state index in [1.165, 1.54) is 4.68 Å². The van der Waals surface area contributed by atoms with Crippen LogP contribution in [0.2, 0.25) is 0 Å². The zero-order valence-corrected chi connectivity index (χ0v) is 9.00. The van der Waals surface area contributed by atoms with Gasteiger partial charge in [-0.2, -0.15) is 5.10 Å². The molecule has 82 valence electrons. The van der Waals surface area contributed by atoms with Crippen LogP contribution in [0, 0.1) is 0 Å². The average Bonchev–Trinajstić information content (AvgIpc) is 2.83. The fourth-order valence-electron chi connectivity index (χ4n) is 1.44. The van der Waals surface area contributed by atoms with Gasteiger partial charge in [0.1, 0.15) is 6.04 Å². The number of hydrogen-bond acceptors (Lipinski definition) is 3. The van der Waals surface area contributed by atoms with Gasteiger partial charge in [0.15, 0.2) is 0 Å². The van der Waals surface area contributed by atoms with E-state index in [4.69, 9.17) is 0 Å². The number of anilines is 1. The van der Waals surface area contributed by atoms with Crippen molar-refractivity contribution in [3.8, 4) is 0 Å². The summed E-state index contributed by atoms with van der Waals surface area (Å²) in [5, 5.41) is 7.03. The molecule has 1 atom stereocenters. The Bertz CT molecular complexity index is 450. The van der Waals surface area contributed by atoms with E-state index in [1.54, 1.807) is 18.5 Å². The third-order valence-electron chi connectivity index (χ3n) is 2.26. The van der Waals surface area contributed by atoms with E-state index >= 15 is 0 Å². The van der Waals surface area contributed by atoms with E-state index in [0.717, 1.165) is 5.69 Å². The van der Waals surface area contributed by atoms with Gasteiger partial charge in [0.05, 0.1) is 0 Å². The lowest BCUT2D eigenvalue weighted by atomic mass is 10.2. The molecule has 1 N–H and O–H groups in total. The molecule has 1 aromatic heterocycles. The van der Waals surface area contributed by atoms with Crippen molar-refractivity contribution in [2.75, 3.05) is 5.32 Å². The Morgan fingerprint density at radius 3 is 2.69 bits per heavy atom. The Kier molecular flexibility index (Phi) is 3.00. The summed E-state index contributed by atoms with van der Waals surface area (Å²) in [6.07, 6.45) is 3.23. The predicted octanol–water partition coefficient (Wildman–Crippen LogP) is 2.02. The lowest BCUT2D eigenvalue weighted by molar-refractivity contribution is 0.0879. The summed E-state index contributed by atoms with van der Waals surface area (Å²) in [5.41, 5.74) is 0.926. The fourth-order valence-corrected chi connectivity index (χ4v) is 1.44. The highest BCUT2D eigenvalue weighted by Crippen LogP contribution is 2.07. The molecule has 0 fully saturated rings. The van der Waals surface area contributed by atoms with Gasteiger partial charge < -0.3 is 5.32 Å². The van der Waals surface area contributed by atoms with Crippen LogP contribution in [0.1, 0.15) is 11.7 Å². The summed E-state index contributed by atoms with van der Waals surface area (Å²) in [4.78, 5) is 11.8. The summed E-state index contributed by atoms with van der Waals surface area (Å²) >= 11 is 0. The van der Waals surface area contributed by atoms with Gasteiger partial charge >= 0.3 is 0 Å². The average molecular weight is 215 g/mol. The summed E-state index contributed by atoms with van der Waals surface area (Å²) in [5.74, 6) is -0.0751. The molecular weight excluding hydrogens is 202 g/mol. The predicted molar refractivity (Wildman–Crippen MR) is 62.4 cm³/mol. The normalized spacial score (nSPS) is 12.1. The van der Waals surface area contributed by atoms with Crippen molar-refractivity contribution < 1.29 is 4.79 Å². The molecule has 2 aromatic rings. The maximum Gasteiger partial charge on any atom is 0.268 e. The molecule has 1 heterocycles. The standard InChI is InChI=1S/C12H13N3O/c1-10(12(16)15-9-5-8-13-15)14-11-6-3-2-4-7-11/h2-10,14H,1H3. The number of carbonyl (C=O) groups is 1. The molecule has 0 aliphatic rings. The van der Waals surface area contributed by atoms with Crippen molar-refractivity contribution >= 4 is 11.6 Å². The fraction of sp³-hybridized carbons (Fsp3) is 0.167. The number of nitrogens with one attached hydrogen (secondary N) is 1. The van der Waals surface area contributed by atoms with Crippen molar-refractivity contribution in [3.05, 3.63) is 48.8 Å². The van der Waals surface area contributed by atoms with Crippen LogP contribution in [-0.4, -0.2) is 21.7 Å². The molecule has 4 nitrogen and oxygen atoms in total. The highest BCUT2D eigenvalue weighted by molar-refractivity contribution is 5.85. The summed E-state index contributed by atoms with van der Waals surface area (Å²) in [7, 11) is 0. The zero-order valence-electron chi connectivity index (χ0n) is 9.00. The van der Waals surface area contributed by atoms with Gasteiger partial charge in [-0.3, -0.25) is 4.79 Å². The van der Waals surface area contributed by atoms with Crippen LogP contribution in [0.15, 0.2) is 48.8 Å². The molecule has 0 spiro atoms. The number of nitrogens with zero attached hydrogens (tertiary/aromatic N) is 2. The van der Waals surface area contributed by atoms with Gasteiger partial charge in [0, 0.05) is 18.1 Å². The van der Waals surface area contributed by atoms with E-state index in [1.807, 2.05) is 37.3 Å². The Labute approximate surface area is 93.9 Å². The molecule has 0 amide bonds. The van der Waals surface area contributed by atoms with Crippen LogP contribution in [0.3, 0.4) is 0 Å². The number of benzene rings is 1. The van der Waals surface area contributed by atoms with Crippen LogP contribution < -0.4 is 5.32 Å². The molecule has 1 aromatic carbocycles. The maximum absolute atomic E-state index is 11.8. The molecule has 0 radical (unpaired) electrons. The van der Waals surface area contributed by atoms with Crippen molar-refractivity contribution in [1.82, 2.24) is 9.78 Å². The van der Waals surface area contributed by atoms with Crippen molar-refractivity contribution in [3.63, 3.8) is 0 Å². The second-order valence-electron chi connectivity index (χ2n) is 3.52. The van der Waals surface area contributed by atoms with Gasteiger partial charge in [-0.15, -0.1) is 0 Å². The number of para-hydroxylation sites is 1. The minimum Gasteiger partial charge on any atom is -0.374 e. The molecule has 16 heavy (non-hydrogen) atoms. The molecule has 2 rings (SSSR count). The first-order valence-electron chi connectivity index (χ1n) is 5.13. The molecular formula is C12H13N3O. The third kappa shape index (κ3) is 2.28. The molecule has 0 aliphatic carbocycles. The molecule has 0 aliphatic heterocycles. The molecule has 0 saturated carbocycles. The monoisotopic (exact) mass is 215 g/mol. The first kappa shape index (κ1) is 10.4. The number of carbonyl (C=O) groups excluding carboxylic acids is 1. The minimum absolute atomic E-state index is 0.0751. The Morgan fingerprint density at radius 1 is 1.31 bits per heavy atom. The Hall–Kier alpha value is -2.10. The van der Waals surface area contributed by atoms with Crippen molar-refractivity contribution in [2.45, 2.75) is 13.0 Å². The highest BCUT2D eigenvalue weighted by Gasteiger charge is 2.14. The third-order valence-corrected chi connectivity index (χ3v) is 2.26. The largest absolute Gasteiger partial charge is 0.374 e. The second-order valence-corrected chi connectivity index (χ2v) is 3.52. The maximum atomic E-state index is 11.8. The van der Waals surface area contributed by atoms with Gasteiger partial charge in [-0.1, -0.05) is 18.2 Å². The van der Waals surface area contributed by atoms with Crippen LogP contribution in [0.25, 0.3) is 0 Å². The first-order valence-corrected chi connectivity index (χ1v) is 5.13.